The van der Waals surface area contributed by atoms with E-state index in [1.165, 1.54) is 5.56 Å². The molecule has 21 heavy (non-hydrogen) atoms. The Labute approximate surface area is 127 Å². The summed E-state index contributed by atoms with van der Waals surface area (Å²) in [5.41, 5.74) is 7.63. The summed E-state index contributed by atoms with van der Waals surface area (Å²) in [7, 11) is 0. The van der Waals surface area contributed by atoms with E-state index in [2.05, 4.69) is 35.5 Å². The summed E-state index contributed by atoms with van der Waals surface area (Å²) in [5.74, 6) is 0.533. The molecule has 0 heterocycles. The molecule has 0 spiro atoms. The van der Waals surface area contributed by atoms with Crippen molar-refractivity contribution in [2.24, 2.45) is 10.7 Å². The van der Waals surface area contributed by atoms with Crippen molar-refractivity contribution in [3.63, 3.8) is 0 Å². The van der Waals surface area contributed by atoms with Gasteiger partial charge in [0, 0.05) is 11.2 Å². The van der Waals surface area contributed by atoms with Gasteiger partial charge in [-0.3, -0.25) is 4.79 Å². The Morgan fingerprint density at radius 1 is 1.33 bits per heavy atom. The molecule has 0 fully saturated rings. The number of nitrogens with two attached hydrogens (primary N) is 1. The molecule has 0 radical (unpaired) electrons. The van der Waals surface area contributed by atoms with Crippen LogP contribution < -0.4 is 16.4 Å². The van der Waals surface area contributed by atoms with Crippen molar-refractivity contribution in [3.05, 3.63) is 29.8 Å². The lowest BCUT2D eigenvalue weighted by molar-refractivity contribution is -0.121. The van der Waals surface area contributed by atoms with Gasteiger partial charge >= 0.3 is 0 Å². The second-order valence-electron chi connectivity index (χ2n) is 6.40. The predicted octanol–water partition coefficient (Wildman–Crippen LogP) is 2.45. The standard InChI is InChI=1S/C16H26N4O/c1-11(2)12-7-6-8-13(9-12)19-15(17)18-10-14(21)20-16(3,4)5/h6-9,11H,10H2,1-5H3,(H,20,21)(H3,17,18,19). The van der Waals surface area contributed by atoms with E-state index in [9.17, 15) is 4.79 Å². The van der Waals surface area contributed by atoms with Crippen molar-refractivity contribution in [2.75, 3.05) is 11.9 Å². The van der Waals surface area contributed by atoms with Crippen LogP contribution in [0.2, 0.25) is 0 Å². The molecule has 0 aliphatic carbocycles. The SMILES string of the molecule is CC(C)c1cccc(NC(N)=NCC(=O)NC(C)(C)C)c1. The third-order valence-electron chi connectivity index (χ3n) is 2.73. The number of carbonyl (C=O) groups is 1. The van der Waals surface area contributed by atoms with E-state index in [4.69, 9.17) is 5.73 Å². The summed E-state index contributed by atoms with van der Waals surface area (Å²) in [6.45, 7) is 10.1. The summed E-state index contributed by atoms with van der Waals surface area (Å²) >= 11 is 0. The molecular weight excluding hydrogens is 264 g/mol. The first-order chi connectivity index (χ1) is 9.67. The van der Waals surface area contributed by atoms with Crippen molar-refractivity contribution in [3.8, 4) is 0 Å². The zero-order valence-corrected chi connectivity index (χ0v) is 13.5. The van der Waals surface area contributed by atoms with E-state index in [1.54, 1.807) is 0 Å². The van der Waals surface area contributed by atoms with Gasteiger partial charge in [-0.15, -0.1) is 0 Å². The Hall–Kier alpha value is -2.04. The van der Waals surface area contributed by atoms with Gasteiger partial charge in [-0.25, -0.2) is 4.99 Å². The zero-order valence-electron chi connectivity index (χ0n) is 13.5. The number of benzene rings is 1. The number of nitrogens with one attached hydrogen (secondary N) is 2. The second-order valence-corrected chi connectivity index (χ2v) is 6.40. The molecule has 0 saturated heterocycles. The topological polar surface area (TPSA) is 79.5 Å². The summed E-state index contributed by atoms with van der Waals surface area (Å²) in [6.07, 6.45) is 0. The van der Waals surface area contributed by atoms with Gasteiger partial charge in [-0.05, 0) is 44.4 Å². The highest BCUT2D eigenvalue weighted by atomic mass is 16.2. The van der Waals surface area contributed by atoms with Crippen LogP contribution in [-0.4, -0.2) is 24.0 Å². The largest absolute Gasteiger partial charge is 0.370 e. The second kappa shape index (κ2) is 7.11. The van der Waals surface area contributed by atoms with Crippen LogP contribution in [0.4, 0.5) is 5.69 Å². The highest BCUT2D eigenvalue weighted by Crippen LogP contribution is 2.18. The lowest BCUT2D eigenvalue weighted by Crippen LogP contribution is -2.42. The van der Waals surface area contributed by atoms with Gasteiger partial charge in [0.15, 0.2) is 5.96 Å². The number of rotatable bonds is 4. The number of aliphatic imine (C=N–C) groups is 1. The zero-order chi connectivity index (χ0) is 16.0. The van der Waals surface area contributed by atoms with E-state index < -0.39 is 0 Å². The molecular formula is C16H26N4O. The number of hydrogen-bond acceptors (Lipinski definition) is 2. The summed E-state index contributed by atoms with van der Waals surface area (Å²) < 4.78 is 0. The first-order valence-electron chi connectivity index (χ1n) is 7.15. The van der Waals surface area contributed by atoms with Crippen molar-refractivity contribution >= 4 is 17.6 Å². The van der Waals surface area contributed by atoms with Crippen LogP contribution in [0.5, 0.6) is 0 Å². The third-order valence-corrected chi connectivity index (χ3v) is 2.73. The molecule has 116 valence electrons. The Kier molecular flexibility index (Phi) is 5.76. The van der Waals surface area contributed by atoms with Crippen LogP contribution in [0.25, 0.3) is 0 Å². The molecule has 0 atom stereocenters. The Morgan fingerprint density at radius 2 is 2.00 bits per heavy atom. The van der Waals surface area contributed by atoms with Gasteiger partial charge in [-0.1, -0.05) is 26.0 Å². The van der Waals surface area contributed by atoms with Crippen molar-refractivity contribution in [1.29, 1.82) is 0 Å². The van der Waals surface area contributed by atoms with Gasteiger partial charge in [0.2, 0.25) is 5.91 Å². The van der Waals surface area contributed by atoms with Gasteiger partial charge in [-0.2, -0.15) is 0 Å². The van der Waals surface area contributed by atoms with E-state index >= 15 is 0 Å². The minimum atomic E-state index is -0.264. The quantitative estimate of drug-likeness (QED) is 0.588. The summed E-state index contributed by atoms with van der Waals surface area (Å²) in [4.78, 5) is 15.7. The molecule has 1 aromatic carbocycles. The van der Waals surface area contributed by atoms with Crippen LogP contribution in [0.1, 0.15) is 46.1 Å². The number of carbonyl (C=O) groups excluding carboxylic acids is 1. The summed E-state index contributed by atoms with van der Waals surface area (Å²) in [5, 5.41) is 5.84. The number of anilines is 1. The van der Waals surface area contributed by atoms with Gasteiger partial charge < -0.3 is 16.4 Å². The summed E-state index contributed by atoms with van der Waals surface area (Å²) in [6, 6.07) is 7.99. The Bertz CT molecular complexity index is 515. The van der Waals surface area contributed by atoms with E-state index in [0.29, 0.717) is 5.92 Å². The van der Waals surface area contributed by atoms with Gasteiger partial charge in [0.05, 0.1) is 0 Å². The molecule has 0 aliphatic rings. The molecule has 5 heteroatoms. The fraction of sp³-hybridized carbons (Fsp3) is 0.500. The first kappa shape index (κ1) is 17.0. The van der Waals surface area contributed by atoms with E-state index in [0.717, 1.165) is 5.69 Å². The molecule has 0 saturated carbocycles. The number of amides is 1. The first-order valence-corrected chi connectivity index (χ1v) is 7.15. The molecule has 0 aromatic heterocycles. The number of nitrogens with zero attached hydrogens (tertiary/aromatic N) is 1. The van der Waals surface area contributed by atoms with Crippen molar-refractivity contribution in [1.82, 2.24) is 5.32 Å². The van der Waals surface area contributed by atoms with E-state index in [1.807, 2.05) is 39.0 Å². The van der Waals surface area contributed by atoms with Gasteiger partial charge in [0.1, 0.15) is 6.54 Å². The molecule has 1 amide bonds. The highest BCUT2D eigenvalue weighted by Gasteiger charge is 2.12. The normalized spacial score (nSPS) is 12.4. The number of guanidine groups is 1. The fourth-order valence-corrected chi connectivity index (χ4v) is 1.78. The predicted molar refractivity (Wildman–Crippen MR) is 88.5 cm³/mol. The maximum atomic E-state index is 11.7. The fourth-order valence-electron chi connectivity index (χ4n) is 1.78. The minimum absolute atomic E-state index is 0.0139. The van der Waals surface area contributed by atoms with E-state index in [-0.39, 0.29) is 24.0 Å². The average Bonchev–Trinajstić information content (AvgIpc) is 2.34. The van der Waals surface area contributed by atoms with Crippen LogP contribution in [0, 0.1) is 0 Å². The smallest absolute Gasteiger partial charge is 0.242 e. The van der Waals surface area contributed by atoms with Crippen LogP contribution in [0.3, 0.4) is 0 Å². The molecule has 0 unspecified atom stereocenters. The number of hydrogen-bond donors (Lipinski definition) is 3. The van der Waals surface area contributed by atoms with Crippen LogP contribution in [0.15, 0.2) is 29.3 Å². The maximum absolute atomic E-state index is 11.7. The average molecular weight is 290 g/mol. The van der Waals surface area contributed by atoms with Gasteiger partial charge in [0.25, 0.3) is 0 Å². The lowest BCUT2D eigenvalue weighted by Gasteiger charge is -2.19. The third kappa shape index (κ3) is 6.79. The van der Waals surface area contributed by atoms with Crippen molar-refractivity contribution < 1.29 is 4.79 Å². The molecule has 0 bridgehead atoms. The molecule has 0 aliphatic heterocycles. The Balaban J connectivity index is 2.60. The molecule has 4 N–H and O–H groups in total. The monoisotopic (exact) mass is 290 g/mol. The lowest BCUT2D eigenvalue weighted by atomic mass is 10.0. The molecule has 1 aromatic rings. The minimum Gasteiger partial charge on any atom is -0.370 e. The van der Waals surface area contributed by atoms with Crippen LogP contribution >= 0.6 is 0 Å². The van der Waals surface area contributed by atoms with Crippen LogP contribution in [-0.2, 0) is 4.79 Å². The maximum Gasteiger partial charge on any atom is 0.242 e. The molecule has 5 nitrogen and oxygen atoms in total. The molecule has 1 rings (SSSR count). The van der Waals surface area contributed by atoms with Crippen molar-refractivity contribution in [2.45, 2.75) is 46.1 Å². The highest BCUT2D eigenvalue weighted by molar-refractivity contribution is 5.94. The Morgan fingerprint density at radius 3 is 2.57 bits per heavy atom.